The Morgan fingerprint density at radius 1 is 0.789 bits per heavy atom. The third kappa shape index (κ3) is 2.61. The Hall–Kier alpha value is -2.26. The third-order valence-electron chi connectivity index (χ3n) is 2.83. The van der Waals surface area contributed by atoms with Gasteiger partial charge < -0.3 is 10.7 Å². The molecule has 0 amide bonds. The zero-order valence-corrected chi connectivity index (χ0v) is 11.0. The van der Waals surface area contributed by atoms with Gasteiger partial charge in [-0.1, -0.05) is 60.7 Å². The van der Waals surface area contributed by atoms with E-state index in [1.165, 1.54) is 0 Å². The van der Waals surface area contributed by atoms with Crippen LogP contribution < -0.4 is 5.73 Å². The van der Waals surface area contributed by atoms with E-state index >= 15 is 0 Å². The number of benzene rings is 2. The standard InChI is InChI=1S/C15H13N3.ClH/c16-15-17-13(11-7-3-1-4-8-11)14(18-15)12-9-5-2-6-10-12;/h1-10H,(H3,16,17,18);1H. The van der Waals surface area contributed by atoms with E-state index in [1.807, 2.05) is 60.7 Å². The zero-order valence-electron chi connectivity index (χ0n) is 10.2. The van der Waals surface area contributed by atoms with Crippen molar-refractivity contribution in [2.24, 2.45) is 0 Å². The van der Waals surface area contributed by atoms with Gasteiger partial charge in [-0.15, -0.1) is 12.4 Å². The SMILES string of the molecule is Cl.Nc1nc(-c2ccccc2)c(-c2ccccc2)[nH]1. The van der Waals surface area contributed by atoms with Crippen LogP contribution in [0.1, 0.15) is 0 Å². The molecule has 19 heavy (non-hydrogen) atoms. The minimum Gasteiger partial charge on any atom is -0.369 e. The summed E-state index contributed by atoms with van der Waals surface area (Å²) in [7, 11) is 0. The van der Waals surface area contributed by atoms with Gasteiger partial charge in [0.2, 0.25) is 0 Å². The number of anilines is 1. The number of halogens is 1. The highest BCUT2D eigenvalue weighted by molar-refractivity contribution is 5.85. The summed E-state index contributed by atoms with van der Waals surface area (Å²) in [6.45, 7) is 0. The summed E-state index contributed by atoms with van der Waals surface area (Å²) in [5, 5.41) is 0. The Balaban J connectivity index is 0.00000133. The first-order valence-electron chi connectivity index (χ1n) is 5.81. The largest absolute Gasteiger partial charge is 0.369 e. The monoisotopic (exact) mass is 271 g/mol. The quantitative estimate of drug-likeness (QED) is 0.746. The number of nitrogens with zero attached hydrogens (tertiary/aromatic N) is 1. The Morgan fingerprint density at radius 2 is 1.32 bits per heavy atom. The third-order valence-corrected chi connectivity index (χ3v) is 2.83. The average molecular weight is 272 g/mol. The van der Waals surface area contributed by atoms with Crippen LogP contribution in [0.2, 0.25) is 0 Å². The van der Waals surface area contributed by atoms with Crippen molar-refractivity contribution >= 4 is 18.4 Å². The van der Waals surface area contributed by atoms with Crippen LogP contribution in [0.5, 0.6) is 0 Å². The molecule has 2 aromatic carbocycles. The lowest BCUT2D eigenvalue weighted by Gasteiger charge is -2.02. The number of nitrogens with one attached hydrogen (secondary N) is 1. The summed E-state index contributed by atoms with van der Waals surface area (Å²) in [5.74, 6) is 0.438. The molecule has 3 aromatic rings. The first-order valence-corrected chi connectivity index (χ1v) is 5.81. The summed E-state index contributed by atoms with van der Waals surface area (Å²) < 4.78 is 0. The molecular weight excluding hydrogens is 258 g/mol. The van der Waals surface area contributed by atoms with Crippen molar-refractivity contribution in [3.63, 3.8) is 0 Å². The molecule has 0 fully saturated rings. The van der Waals surface area contributed by atoms with Gasteiger partial charge in [0.15, 0.2) is 5.95 Å². The highest BCUT2D eigenvalue weighted by atomic mass is 35.5. The molecule has 1 heterocycles. The second kappa shape index (κ2) is 5.59. The smallest absolute Gasteiger partial charge is 0.198 e. The van der Waals surface area contributed by atoms with E-state index in [4.69, 9.17) is 5.73 Å². The minimum absolute atomic E-state index is 0. The van der Waals surface area contributed by atoms with E-state index in [1.54, 1.807) is 0 Å². The van der Waals surface area contributed by atoms with Crippen LogP contribution in [-0.2, 0) is 0 Å². The Morgan fingerprint density at radius 3 is 1.89 bits per heavy atom. The van der Waals surface area contributed by atoms with E-state index in [0.717, 1.165) is 22.5 Å². The molecule has 4 heteroatoms. The summed E-state index contributed by atoms with van der Waals surface area (Å²) >= 11 is 0. The van der Waals surface area contributed by atoms with Gasteiger partial charge in [-0.05, 0) is 0 Å². The van der Waals surface area contributed by atoms with Crippen LogP contribution >= 0.6 is 12.4 Å². The number of nitrogen functional groups attached to an aromatic ring is 1. The number of imidazole rings is 1. The van der Waals surface area contributed by atoms with Crippen LogP contribution in [-0.4, -0.2) is 9.97 Å². The lowest BCUT2D eigenvalue weighted by Crippen LogP contribution is -1.85. The number of nitrogens with two attached hydrogens (primary N) is 1. The van der Waals surface area contributed by atoms with E-state index in [0.29, 0.717) is 5.95 Å². The Bertz CT molecular complexity index is 591. The minimum atomic E-state index is 0. The van der Waals surface area contributed by atoms with Crippen LogP contribution in [0.15, 0.2) is 60.7 Å². The maximum absolute atomic E-state index is 5.79. The number of hydrogen-bond donors (Lipinski definition) is 2. The lowest BCUT2D eigenvalue weighted by molar-refractivity contribution is 1.32. The van der Waals surface area contributed by atoms with E-state index in [9.17, 15) is 0 Å². The van der Waals surface area contributed by atoms with Crippen molar-refractivity contribution in [1.29, 1.82) is 0 Å². The van der Waals surface area contributed by atoms with Gasteiger partial charge in [0.05, 0.1) is 11.4 Å². The molecule has 0 atom stereocenters. The van der Waals surface area contributed by atoms with Gasteiger partial charge in [-0.2, -0.15) is 0 Å². The maximum Gasteiger partial charge on any atom is 0.198 e. The number of rotatable bonds is 2. The van der Waals surface area contributed by atoms with Crippen molar-refractivity contribution in [1.82, 2.24) is 9.97 Å². The second-order valence-electron chi connectivity index (χ2n) is 4.08. The molecule has 0 saturated heterocycles. The molecule has 1 aromatic heterocycles. The van der Waals surface area contributed by atoms with Gasteiger partial charge in [0.1, 0.15) is 0 Å². The molecule has 0 saturated carbocycles. The van der Waals surface area contributed by atoms with E-state index < -0.39 is 0 Å². The normalized spacial score (nSPS) is 9.89. The Kier molecular flexibility index (Phi) is 3.88. The predicted molar refractivity (Wildman–Crippen MR) is 81.1 cm³/mol. The fraction of sp³-hybridized carbons (Fsp3) is 0. The lowest BCUT2D eigenvalue weighted by atomic mass is 10.1. The number of hydrogen-bond acceptors (Lipinski definition) is 2. The molecule has 0 aliphatic heterocycles. The summed E-state index contributed by atoms with van der Waals surface area (Å²) in [6, 6.07) is 20.1. The van der Waals surface area contributed by atoms with E-state index in [2.05, 4.69) is 9.97 Å². The molecule has 0 spiro atoms. The highest BCUT2D eigenvalue weighted by Gasteiger charge is 2.11. The molecule has 3 nitrogen and oxygen atoms in total. The van der Waals surface area contributed by atoms with Gasteiger partial charge in [0.25, 0.3) is 0 Å². The van der Waals surface area contributed by atoms with Crippen molar-refractivity contribution in [2.45, 2.75) is 0 Å². The van der Waals surface area contributed by atoms with Crippen LogP contribution in [0.25, 0.3) is 22.5 Å². The fourth-order valence-electron chi connectivity index (χ4n) is 2.01. The van der Waals surface area contributed by atoms with Gasteiger partial charge >= 0.3 is 0 Å². The van der Waals surface area contributed by atoms with Gasteiger partial charge in [-0.25, -0.2) is 4.98 Å². The molecule has 0 aliphatic carbocycles. The summed E-state index contributed by atoms with van der Waals surface area (Å²) in [6.07, 6.45) is 0. The molecule has 0 radical (unpaired) electrons. The first-order chi connectivity index (χ1) is 8.84. The molecule has 0 aliphatic rings. The van der Waals surface area contributed by atoms with Crippen molar-refractivity contribution in [2.75, 3.05) is 5.73 Å². The number of H-pyrrole nitrogens is 1. The average Bonchev–Trinajstić information content (AvgIpc) is 2.83. The first kappa shape index (κ1) is 13.2. The summed E-state index contributed by atoms with van der Waals surface area (Å²) in [5.41, 5.74) is 9.78. The molecule has 3 N–H and O–H groups in total. The molecule has 96 valence electrons. The molecule has 0 unspecified atom stereocenters. The van der Waals surface area contributed by atoms with Crippen LogP contribution in [0.3, 0.4) is 0 Å². The van der Waals surface area contributed by atoms with Crippen molar-refractivity contribution in [3.8, 4) is 22.5 Å². The number of aromatic nitrogens is 2. The molecule has 3 rings (SSSR count). The van der Waals surface area contributed by atoms with Crippen LogP contribution in [0.4, 0.5) is 5.95 Å². The van der Waals surface area contributed by atoms with Gasteiger partial charge in [-0.3, -0.25) is 0 Å². The number of aromatic amines is 1. The highest BCUT2D eigenvalue weighted by Crippen LogP contribution is 2.30. The van der Waals surface area contributed by atoms with Crippen molar-refractivity contribution < 1.29 is 0 Å². The summed E-state index contributed by atoms with van der Waals surface area (Å²) in [4.78, 5) is 7.51. The Labute approximate surface area is 117 Å². The zero-order chi connectivity index (χ0) is 12.4. The molecule has 0 bridgehead atoms. The fourth-order valence-corrected chi connectivity index (χ4v) is 2.01. The molecular formula is C15H14ClN3. The van der Waals surface area contributed by atoms with Crippen molar-refractivity contribution in [3.05, 3.63) is 60.7 Å². The second-order valence-corrected chi connectivity index (χ2v) is 4.08. The van der Waals surface area contributed by atoms with Gasteiger partial charge in [0, 0.05) is 11.1 Å². The predicted octanol–water partition coefficient (Wildman–Crippen LogP) is 3.75. The topological polar surface area (TPSA) is 54.7 Å². The van der Waals surface area contributed by atoms with Crippen LogP contribution in [0, 0.1) is 0 Å². The maximum atomic E-state index is 5.79. The van der Waals surface area contributed by atoms with E-state index in [-0.39, 0.29) is 12.4 Å².